The van der Waals surface area contributed by atoms with Crippen LogP contribution < -0.4 is 16.2 Å². The van der Waals surface area contributed by atoms with Crippen LogP contribution in [0.15, 0.2) is 12.1 Å². The highest BCUT2D eigenvalue weighted by Crippen LogP contribution is 2.22. The van der Waals surface area contributed by atoms with Crippen molar-refractivity contribution in [2.45, 2.75) is 6.36 Å². The summed E-state index contributed by atoms with van der Waals surface area (Å²) in [7, 11) is 0. The first-order valence-electron chi connectivity index (χ1n) is 3.61. The quantitative estimate of drug-likeness (QED) is 0.767. The van der Waals surface area contributed by atoms with Crippen molar-refractivity contribution in [2.75, 3.05) is 5.73 Å². The van der Waals surface area contributed by atoms with E-state index in [1.807, 2.05) is 0 Å². The largest absolute Gasteiger partial charge is 0.574 e. The molecule has 0 aliphatic heterocycles. The fraction of sp³-hybridized carbons (Fsp3) is 0.143. The lowest BCUT2D eigenvalue weighted by Crippen LogP contribution is -2.20. The lowest BCUT2D eigenvalue weighted by Gasteiger charge is -2.09. The van der Waals surface area contributed by atoms with E-state index in [2.05, 4.69) is 9.72 Å². The van der Waals surface area contributed by atoms with E-state index in [4.69, 9.17) is 11.5 Å². The molecule has 0 radical (unpaired) electrons. The van der Waals surface area contributed by atoms with Crippen LogP contribution in [-0.2, 0) is 0 Å². The molecule has 0 atom stereocenters. The van der Waals surface area contributed by atoms with Crippen LogP contribution in [0.3, 0.4) is 0 Å². The van der Waals surface area contributed by atoms with Gasteiger partial charge in [-0.05, 0) is 6.07 Å². The minimum atomic E-state index is -4.88. The number of anilines is 1. The molecule has 1 aromatic rings. The van der Waals surface area contributed by atoms with Gasteiger partial charge in [0.1, 0.15) is 0 Å². The van der Waals surface area contributed by atoms with Gasteiger partial charge >= 0.3 is 6.36 Å². The maximum Gasteiger partial charge on any atom is 0.574 e. The second kappa shape index (κ2) is 3.64. The predicted molar refractivity (Wildman–Crippen MR) is 43.9 cm³/mol. The van der Waals surface area contributed by atoms with E-state index in [0.29, 0.717) is 0 Å². The van der Waals surface area contributed by atoms with E-state index >= 15 is 0 Å². The number of hydrogen-bond acceptors (Lipinski definition) is 4. The van der Waals surface area contributed by atoms with Crippen molar-refractivity contribution in [3.63, 3.8) is 0 Å². The maximum absolute atomic E-state index is 11.8. The van der Waals surface area contributed by atoms with Crippen LogP contribution in [0, 0.1) is 0 Å². The van der Waals surface area contributed by atoms with Gasteiger partial charge in [0.05, 0.1) is 5.69 Å². The van der Waals surface area contributed by atoms with E-state index in [9.17, 15) is 18.0 Å². The van der Waals surface area contributed by atoms with Crippen LogP contribution >= 0.6 is 0 Å². The van der Waals surface area contributed by atoms with Crippen LogP contribution in [0.5, 0.6) is 5.88 Å². The normalized spacial score (nSPS) is 11.1. The van der Waals surface area contributed by atoms with Crippen LogP contribution in [0.25, 0.3) is 0 Å². The molecule has 4 N–H and O–H groups in total. The molecular formula is C7H6F3N3O2. The molecule has 0 fully saturated rings. The molecule has 8 heteroatoms. The first-order valence-corrected chi connectivity index (χ1v) is 3.61. The summed E-state index contributed by atoms with van der Waals surface area (Å²) >= 11 is 0. The number of alkyl halides is 3. The van der Waals surface area contributed by atoms with Crippen molar-refractivity contribution >= 4 is 11.6 Å². The number of carbonyl (C=O) groups excluding carboxylic acids is 1. The molecule has 82 valence electrons. The number of nitrogens with two attached hydrogens (primary N) is 2. The topological polar surface area (TPSA) is 91.2 Å². The highest BCUT2D eigenvalue weighted by Gasteiger charge is 2.32. The molecule has 1 rings (SSSR count). The number of halogens is 3. The van der Waals surface area contributed by atoms with Crippen molar-refractivity contribution in [2.24, 2.45) is 5.73 Å². The van der Waals surface area contributed by atoms with Gasteiger partial charge in [-0.15, -0.1) is 13.2 Å². The van der Waals surface area contributed by atoms with Gasteiger partial charge in [-0.3, -0.25) is 4.79 Å². The Morgan fingerprint density at radius 3 is 2.47 bits per heavy atom. The van der Waals surface area contributed by atoms with E-state index in [-0.39, 0.29) is 5.69 Å². The van der Waals surface area contributed by atoms with Crippen LogP contribution in [-0.4, -0.2) is 17.3 Å². The first kappa shape index (κ1) is 11.1. The van der Waals surface area contributed by atoms with Gasteiger partial charge in [0.15, 0.2) is 5.69 Å². The number of aromatic nitrogens is 1. The smallest absolute Gasteiger partial charge is 0.397 e. The molecule has 0 spiro atoms. The van der Waals surface area contributed by atoms with Crippen molar-refractivity contribution in [3.05, 3.63) is 17.8 Å². The molecule has 15 heavy (non-hydrogen) atoms. The SMILES string of the molecule is NC(=O)c1nc(OC(F)(F)F)ccc1N. The zero-order valence-corrected chi connectivity index (χ0v) is 7.21. The molecule has 1 aromatic heterocycles. The molecule has 0 aliphatic rings. The molecule has 0 saturated heterocycles. The minimum Gasteiger partial charge on any atom is -0.397 e. The lowest BCUT2D eigenvalue weighted by molar-refractivity contribution is -0.276. The maximum atomic E-state index is 11.8. The molecule has 0 aliphatic carbocycles. The molecular weight excluding hydrogens is 215 g/mol. The van der Waals surface area contributed by atoms with E-state index in [1.54, 1.807) is 0 Å². The Kier molecular flexibility index (Phi) is 2.69. The summed E-state index contributed by atoms with van der Waals surface area (Å²) < 4.78 is 38.8. The summed E-state index contributed by atoms with van der Waals surface area (Å²) in [5.41, 5.74) is 9.51. The number of carbonyl (C=O) groups is 1. The predicted octanol–water partition coefficient (Wildman–Crippen LogP) is 0.661. The lowest BCUT2D eigenvalue weighted by atomic mass is 10.3. The fourth-order valence-electron chi connectivity index (χ4n) is 0.825. The Labute approximate surface area is 81.8 Å². The average molecular weight is 221 g/mol. The number of hydrogen-bond donors (Lipinski definition) is 2. The summed E-state index contributed by atoms with van der Waals surface area (Å²) in [6.45, 7) is 0. The van der Waals surface area contributed by atoms with Gasteiger partial charge < -0.3 is 16.2 Å². The second-order valence-corrected chi connectivity index (χ2v) is 2.50. The molecule has 0 aromatic carbocycles. The zero-order valence-electron chi connectivity index (χ0n) is 7.21. The van der Waals surface area contributed by atoms with Crippen LogP contribution in [0.1, 0.15) is 10.5 Å². The molecule has 0 saturated carbocycles. The average Bonchev–Trinajstić information content (AvgIpc) is 2.05. The molecule has 0 unspecified atom stereocenters. The third-order valence-corrected chi connectivity index (χ3v) is 1.35. The summed E-state index contributed by atoms with van der Waals surface area (Å²) in [6.07, 6.45) is -4.88. The second-order valence-electron chi connectivity index (χ2n) is 2.50. The number of rotatable bonds is 2. The molecule has 0 bridgehead atoms. The van der Waals surface area contributed by atoms with E-state index < -0.39 is 23.8 Å². The third kappa shape index (κ3) is 3.01. The number of nitrogens with zero attached hydrogens (tertiary/aromatic N) is 1. The van der Waals surface area contributed by atoms with E-state index in [1.165, 1.54) is 0 Å². The number of amides is 1. The first-order chi connectivity index (χ1) is 6.79. The number of ether oxygens (including phenoxy) is 1. The summed E-state index contributed by atoms with van der Waals surface area (Å²) in [5.74, 6) is -1.81. The van der Waals surface area contributed by atoms with Crippen LogP contribution in [0.4, 0.5) is 18.9 Å². The zero-order chi connectivity index (χ0) is 11.6. The number of nitrogen functional groups attached to an aromatic ring is 1. The van der Waals surface area contributed by atoms with Gasteiger partial charge in [0.25, 0.3) is 5.91 Å². The van der Waals surface area contributed by atoms with Crippen molar-refractivity contribution in [1.29, 1.82) is 0 Å². The van der Waals surface area contributed by atoms with Gasteiger partial charge in [-0.25, -0.2) is 4.98 Å². The van der Waals surface area contributed by atoms with Gasteiger partial charge in [0, 0.05) is 6.07 Å². The van der Waals surface area contributed by atoms with E-state index in [0.717, 1.165) is 12.1 Å². The number of pyridine rings is 1. The third-order valence-electron chi connectivity index (χ3n) is 1.35. The Hall–Kier alpha value is -1.99. The summed E-state index contributed by atoms with van der Waals surface area (Å²) in [6, 6.07) is 1.93. The molecule has 5 nitrogen and oxygen atoms in total. The molecule has 1 amide bonds. The Morgan fingerprint density at radius 2 is 2.00 bits per heavy atom. The van der Waals surface area contributed by atoms with Crippen molar-refractivity contribution in [3.8, 4) is 5.88 Å². The Balaban J connectivity index is 3.03. The van der Waals surface area contributed by atoms with Gasteiger partial charge in [-0.2, -0.15) is 0 Å². The van der Waals surface area contributed by atoms with Gasteiger partial charge in [-0.1, -0.05) is 0 Å². The summed E-state index contributed by atoms with van der Waals surface area (Å²) in [4.78, 5) is 13.9. The Morgan fingerprint density at radius 1 is 1.40 bits per heavy atom. The standard InChI is InChI=1S/C7H6F3N3O2/c8-7(9,10)15-4-2-1-3(11)5(13-4)6(12)14/h1-2H,11H2,(H2,12,14). The van der Waals surface area contributed by atoms with Crippen LogP contribution in [0.2, 0.25) is 0 Å². The van der Waals surface area contributed by atoms with Crippen molar-refractivity contribution in [1.82, 2.24) is 4.98 Å². The minimum absolute atomic E-state index is 0.114. The highest BCUT2D eigenvalue weighted by molar-refractivity contribution is 5.95. The molecule has 1 heterocycles. The fourth-order valence-corrected chi connectivity index (χ4v) is 0.825. The summed E-state index contributed by atoms with van der Waals surface area (Å²) in [5, 5.41) is 0. The Bertz CT molecular complexity index is 392. The van der Waals surface area contributed by atoms with Gasteiger partial charge in [0.2, 0.25) is 5.88 Å². The monoisotopic (exact) mass is 221 g/mol. The van der Waals surface area contributed by atoms with Crippen molar-refractivity contribution < 1.29 is 22.7 Å². The highest BCUT2D eigenvalue weighted by atomic mass is 19.4. The number of primary amides is 1.